The summed E-state index contributed by atoms with van der Waals surface area (Å²) in [7, 11) is 2.21. The van der Waals surface area contributed by atoms with Gasteiger partial charge in [-0.1, -0.05) is 24.3 Å². The van der Waals surface area contributed by atoms with Gasteiger partial charge in [0.1, 0.15) is 5.75 Å². The number of likely N-dealkylation sites (tertiary alicyclic amines) is 2. The van der Waals surface area contributed by atoms with Crippen LogP contribution in [0.5, 0.6) is 5.75 Å². The minimum Gasteiger partial charge on any atom is -0.508 e. The van der Waals surface area contributed by atoms with Crippen molar-refractivity contribution in [3.63, 3.8) is 0 Å². The highest BCUT2D eigenvalue weighted by Crippen LogP contribution is 2.53. The molecular formula is C23H27N3O2. The second kappa shape index (κ2) is 6.52. The Morgan fingerprint density at radius 2 is 1.93 bits per heavy atom. The lowest BCUT2D eigenvalue weighted by Gasteiger charge is -2.59. The van der Waals surface area contributed by atoms with Gasteiger partial charge in [0, 0.05) is 36.2 Å². The lowest BCUT2D eigenvalue weighted by atomic mass is 9.54. The van der Waals surface area contributed by atoms with Gasteiger partial charge >= 0.3 is 6.03 Å². The van der Waals surface area contributed by atoms with Crippen LogP contribution in [0.4, 0.5) is 10.5 Å². The van der Waals surface area contributed by atoms with Crippen LogP contribution in [0.25, 0.3) is 0 Å². The molecule has 0 unspecified atom stereocenters. The maximum Gasteiger partial charge on any atom is 0.321 e. The van der Waals surface area contributed by atoms with Crippen LogP contribution in [0.15, 0.2) is 48.5 Å². The summed E-state index contributed by atoms with van der Waals surface area (Å²) in [6.45, 7) is 2.59. The van der Waals surface area contributed by atoms with Crippen molar-refractivity contribution in [1.29, 1.82) is 0 Å². The third kappa shape index (κ3) is 2.68. The smallest absolute Gasteiger partial charge is 0.321 e. The Morgan fingerprint density at radius 3 is 2.75 bits per heavy atom. The zero-order valence-electron chi connectivity index (χ0n) is 16.3. The first-order chi connectivity index (χ1) is 13.6. The third-order valence-corrected chi connectivity index (χ3v) is 7.27. The number of nitrogens with one attached hydrogen (secondary N) is 1. The highest BCUT2D eigenvalue weighted by molar-refractivity contribution is 5.89. The van der Waals surface area contributed by atoms with E-state index in [0.717, 1.165) is 44.6 Å². The second-order valence-electron chi connectivity index (χ2n) is 8.60. The normalized spacial score (nSPS) is 29.0. The summed E-state index contributed by atoms with van der Waals surface area (Å²) in [5.41, 5.74) is 3.61. The van der Waals surface area contributed by atoms with E-state index in [1.165, 1.54) is 11.1 Å². The zero-order chi connectivity index (χ0) is 19.3. The van der Waals surface area contributed by atoms with Crippen LogP contribution >= 0.6 is 0 Å². The predicted molar refractivity (Wildman–Crippen MR) is 110 cm³/mol. The number of fused-ring (bicyclic) bond motifs is 1. The molecule has 2 aliphatic heterocycles. The lowest BCUT2D eigenvalue weighted by Crippen LogP contribution is -2.65. The number of carbonyl (C=O) groups excluding carboxylic acids is 1. The summed E-state index contributed by atoms with van der Waals surface area (Å²) in [5, 5.41) is 13.2. The molecule has 2 aromatic rings. The van der Waals surface area contributed by atoms with E-state index in [1.54, 1.807) is 0 Å². The van der Waals surface area contributed by atoms with Gasteiger partial charge in [-0.15, -0.1) is 0 Å². The van der Waals surface area contributed by atoms with Crippen molar-refractivity contribution in [1.82, 2.24) is 9.80 Å². The van der Waals surface area contributed by atoms with Crippen LogP contribution < -0.4 is 5.32 Å². The van der Waals surface area contributed by atoms with Crippen molar-refractivity contribution < 1.29 is 9.90 Å². The number of carbonyl (C=O) groups is 1. The predicted octanol–water partition coefficient (Wildman–Crippen LogP) is 3.44. The Morgan fingerprint density at radius 1 is 1.14 bits per heavy atom. The van der Waals surface area contributed by atoms with Gasteiger partial charge in [-0.05, 0) is 68.2 Å². The van der Waals surface area contributed by atoms with E-state index in [1.807, 2.05) is 47.4 Å². The number of hydrogen-bond acceptors (Lipinski definition) is 3. The summed E-state index contributed by atoms with van der Waals surface area (Å²) >= 11 is 0. The van der Waals surface area contributed by atoms with Crippen molar-refractivity contribution >= 4 is 11.7 Å². The molecule has 1 aliphatic carbocycles. The Hall–Kier alpha value is -2.53. The third-order valence-electron chi connectivity index (χ3n) is 7.27. The number of rotatable bonds is 1. The molecule has 2 saturated heterocycles. The minimum absolute atomic E-state index is 0.0107. The highest BCUT2D eigenvalue weighted by Gasteiger charge is 2.55. The number of anilines is 1. The fourth-order valence-electron chi connectivity index (χ4n) is 5.78. The number of phenolic OH excluding ortho intramolecular Hbond substituents is 1. The van der Waals surface area contributed by atoms with E-state index in [4.69, 9.17) is 0 Å². The number of para-hydroxylation sites is 1. The molecule has 146 valence electrons. The monoisotopic (exact) mass is 377 g/mol. The number of hydrogen-bond donors (Lipinski definition) is 2. The molecular weight excluding hydrogens is 350 g/mol. The van der Waals surface area contributed by atoms with Crippen LogP contribution in [-0.2, 0) is 11.8 Å². The van der Waals surface area contributed by atoms with Crippen molar-refractivity contribution in [2.45, 2.75) is 30.7 Å². The van der Waals surface area contributed by atoms with Crippen LogP contribution in [0, 0.1) is 5.92 Å². The highest BCUT2D eigenvalue weighted by atomic mass is 16.3. The van der Waals surface area contributed by atoms with Gasteiger partial charge in [0.15, 0.2) is 0 Å². The summed E-state index contributed by atoms with van der Waals surface area (Å²) in [6, 6.07) is 16.0. The van der Waals surface area contributed by atoms with E-state index in [0.29, 0.717) is 17.7 Å². The van der Waals surface area contributed by atoms with E-state index in [2.05, 4.69) is 23.3 Å². The van der Waals surface area contributed by atoms with Crippen LogP contribution in [0.2, 0.25) is 0 Å². The quantitative estimate of drug-likeness (QED) is 0.800. The molecule has 2 N–H and O–H groups in total. The first kappa shape index (κ1) is 17.6. The molecule has 3 aliphatic rings. The molecule has 28 heavy (non-hydrogen) atoms. The Bertz CT molecular complexity index is 900. The Kier molecular flexibility index (Phi) is 4.09. The van der Waals surface area contributed by atoms with Gasteiger partial charge in [-0.3, -0.25) is 0 Å². The Labute approximate surface area is 166 Å². The first-order valence-corrected chi connectivity index (χ1v) is 10.2. The van der Waals surface area contributed by atoms with Crippen LogP contribution in [0.3, 0.4) is 0 Å². The largest absolute Gasteiger partial charge is 0.508 e. The molecule has 2 aromatic carbocycles. The molecule has 2 heterocycles. The SMILES string of the molecule is CN1CC[C@]23CCN(C(=O)Nc4ccccc4)C[C@H]2[C@H]1Cc1ccc(O)cc13. The number of aromatic hydroxyl groups is 1. The molecule has 2 fully saturated rings. The average Bonchev–Trinajstić information content (AvgIpc) is 2.71. The molecule has 2 bridgehead atoms. The second-order valence-corrected chi connectivity index (χ2v) is 8.60. The lowest BCUT2D eigenvalue weighted by molar-refractivity contribution is -0.0153. The van der Waals surface area contributed by atoms with Crippen LogP contribution in [-0.4, -0.2) is 53.7 Å². The van der Waals surface area contributed by atoms with Crippen LogP contribution in [0.1, 0.15) is 24.0 Å². The maximum atomic E-state index is 12.9. The maximum absolute atomic E-state index is 12.9. The molecule has 5 rings (SSSR count). The van der Waals surface area contributed by atoms with Gasteiger partial charge in [-0.2, -0.15) is 0 Å². The van der Waals surface area contributed by atoms with Crippen molar-refractivity contribution in [3.05, 3.63) is 59.7 Å². The minimum atomic E-state index is -0.0107. The van der Waals surface area contributed by atoms with Gasteiger partial charge in [0.05, 0.1) is 0 Å². The zero-order valence-corrected chi connectivity index (χ0v) is 16.3. The summed E-state index contributed by atoms with van der Waals surface area (Å²) < 4.78 is 0. The van der Waals surface area contributed by atoms with Gasteiger partial charge < -0.3 is 20.2 Å². The number of amides is 2. The number of nitrogens with zero attached hydrogens (tertiary/aromatic N) is 2. The van der Waals surface area contributed by atoms with E-state index in [9.17, 15) is 9.90 Å². The first-order valence-electron chi connectivity index (χ1n) is 10.2. The summed E-state index contributed by atoms with van der Waals surface area (Å²) in [6.07, 6.45) is 3.04. The molecule has 0 aromatic heterocycles. The number of benzene rings is 2. The number of phenols is 1. The molecule has 3 atom stereocenters. The molecule has 0 saturated carbocycles. The molecule has 2 amide bonds. The molecule has 0 spiro atoms. The van der Waals surface area contributed by atoms with Crippen molar-refractivity contribution in [3.8, 4) is 5.75 Å². The van der Waals surface area contributed by atoms with Gasteiger partial charge in [0.25, 0.3) is 0 Å². The van der Waals surface area contributed by atoms with E-state index >= 15 is 0 Å². The van der Waals surface area contributed by atoms with Crippen molar-refractivity contribution in [2.24, 2.45) is 5.92 Å². The summed E-state index contributed by atoms with van der Waals surface area (Å²) in [5.74, 6) is 0.754. The standard InChI is InChI=1S/C23H27N3O2/c1-25-11-9-23-10-12-26(22(28)24-17-5-3-2-4-6-17)15-20(23)21(25)13-16-7-8-18(27)14-19(16)23/h2-8,14,20-21,27H,9-13,15H2,1H3,(H,24,28)/t20-,21+,23+/m0/s1. The van der Waals surface area contributed by atoms with Crippen molar-refractivity contribution in [2.75, 3.05) is 32.0 Å². The average molecular weight is 377 g/mol. The molecule has 5 heteroatoms. The summed E-state index contributed by atoms with van der Waals surface area (Å²) in [4.78, 5) is 17.4. The Balaban J connectivity index is 1.44. The molecule has 5 nitrogen and oxygen atoms in total. The number of likely N-dealkylation sites (N-methyl/N-ethyl adjacent to an activating group) is 1. The molecule has 0 radical (unpaired) electrons. The fraction of sp³-hybridized carbons (Fsp3) is 0.435. The van der Waals surface area contributed by atoms with Gasteiger partial charge in [-0.25, -0.2) is 4.79 Å². The topological polar surface area (TPSA) is 55.8 Å². The number of urea groups is 1. The number of piperidine rings is 2. The van der Waals surface area contributed by atoms with E-state index in [-0.39, 0.29) is 11.4 Å². The fourth-order valence-corrected chi connectivity index (χ4v) is 5.78. The van der Waals surface area contributed by atoms with E-state index < -0.39 is 0 Å². The van der Waals surface area contributed by atoms with Gasteiger partial charge in [0.2, 0.25) is 0 Å².